The number of sulfonamides is 1. The average Bonchev–Trinajstić information content (AvgIpc) is 2.63. The van der Waals surface area contributed by atoms with Crippen LogP contribution in [0.4, 0.5) is 17.1 Å². The lowest BCUT2D eigenvalue weighted by Gasteiger charge is -2.13. The largest absolute Gasteiger partial charge is 0.354 e. The lowest BCUT2D eigenvalue weighted by atomic mass is 10.0. The van der Waals surface area contributed by atoms with Crippen LogP contribution in [0.15, 0.2) is 78.9 Å². The van der Waals surface area contributed by atoms with Crippen LogP contribution in [0.1, 0.15) is 15.9 Å². The van der Waals surface area contributed by atoms with Gasteiger partial charge in [0.25, 0.3) is 0 Å². The third kappa shape index (κ3) is 4.49. The van der Waals surface area contributed by atoms with Gasteiger partial charge in [0.2, 0.25) is 10.0 Å². The molecule has 0 saturated carbocycles. The number of para-hydroxylation sites is 2. The van der Waals surface area contributed by atoms with E-state index in [1.807, 2.05) is 24.3 Å². The summed E-state index contributed by atoms with van der Waals surface area (Å²) in [5.74, 6) is -0.0451. The summed E-state index contributed by atoms with van der Waals surface area (Å²) in [6, 6.07) is 23.1. The van der Waals surface area contributed by atoms with Gasteiger partial charge in [-0.1, -0.05) is 42.5 Å². The molecule has 0 aliphatic heterocycles. The van der Waals surface area contributed by atoms with Crippen LogP contribution >= 0.6 is 0 Å². The molecule has 0 saturated heterocycles. The van der Waals surface area contributed by atoms with Gasteiger partial charge in [0.05, 0.1) is 17.6 Å². The Hall–Kier alpha value is -3.12. The predicted octanol–water partition coefficient (Wildman–Crippen LogP) is 4.03. The van der Waals surface area contributed by atoms with Crippen molar-refractivity contribution in [1.29, 1.82) is 0 Å². The van der Waals surface area contributed by atoms with Crippen molar-refractivity contribution in [1.82, 2.24) is 0 Å². The molecule has 3 rings (SSSR count). The zero-order chi connectivity index (χ0) is 18.6. The molecule has 26 heavy (non-hydrogen) atoms. The molecule has 0 aliphatic carbocycles. The van der Waals surface area contributed by atoms with E-state index in [-0.39, 0.29) is 5.78 Å². The molecule has 132 valence electrons. The molecule has 0 unspecified atom stereocenters. The highest BCUT2D eigenvalue weighted by Crippen LogP contribution is 2.26. The fourth-order valence-electron chi connectivity index (χ4n) is 2.50. The number of carbonyl (C=O) groups excluding carboxylic acids is 1. The summed E-state index contributed by atoms with van der Waals surface area (Å²) < 4.78 is 25.4. The third-order valence-electron chi connectivity index (χ3n) is 3.68. The van der Waals surface area contributed by atoms with Crippen molar-refractivity contribution in [2.24, 2.45) is 0 Å². The van der Waals surface area contributed by atoms with Gasteiger partial charge < -0.3 is 5.32 Å². The number of benzene rings is 3. The number of anilines is 3. The summed E-state index contributed by atoms with van der Waals surface area (Å²) in [5.41, 5.74) is 3.05. The molecular weight excluding hydrogens is 348 g/mol. The SMILES string of the molecule is CS(=O)(=O)Nc1ccccc1Nc1ccc(C(=O)c2ccccc2)cc1. The summed E-state index contributed by atoms with van der Waals surface area (Å²) in [5, 5.41) is 3.16. The molecule has 0 atom stereocenters. The van der Waals surface area contributed by atoms with Crippen LogP contribution in [0, 0.1) is 0 Å². The van der Waals surface area contributed by atoms with E-state index in [0.29, 0.717) is 22.5 Å². The monoisotopic (exact) mass is 366 g/mol. The molecule has 2 N–H and O–H groups in total. The summed E-state index contributed by atoms with van der Waals surface area (Å²) in [7, 11) is -3.38. The number of nitrogens with one attached hydrogen (secondary N) is 2. The van der Waals surface area contributed by atoms with Gasteiger partial charge >= 0.3 is 0 Å². The van der Waals surface area contributed by atoms with Crippen molar-refractivity contribution in [2.75, 3.05) is 16.3 Å². The molecular formula is C20H18N2O3S. The summed E-state index contributed by atoms with van der Waals surface area (Å²) in [6.45, 7) is 0. The number of ketones is 1. The number of hydrogen-bond acceptors (Lipinski definition) is 4. The molecule has 5 nitrogen and oxygen atoms in total. The summed E-state index contributed by atoms with van der Waals surface area (Å²) in [6.07, 6.45) is 1.10. The summed E-state index contributed by atoms with van der Waals surface area (Å²) in [4.78, 5) is 12.4. The van der Waals surface area contributed by atoms with Crippen molar-refractivity contribution in [3.63, 3.8) is 0 Å². The van der Waals surface area contributed by atoms with Crippen LogP contribution < -0.4 is 10.0 Å². The van der Waals surface area contributed by atoms with Gasteiger partial charge in [0, 0.05) is 16.8 Å². The van der Waals surface area contributed by atoms with Crippen molar-refractivity contribution in [3.8, 4) is 0 Å². The molecule has 0 radical (unpaired) electrons. The first kappa shape index (κ1) is 17.7. The second-order valence-corrected chi connectivity index (χ2v) is 7.57. The maximum Gasteiger partial charge on any atom is 0.229 e. The van der Waals surface area contributed by atoms with Gasteiger partial charge in [-0.3, -0.25) is 9.52 Å². The Labute approximate surface area is 152 Å². The molecule has 0 aliphatic rings. The van der Waals surface area contributed by atoms with Gasteiger partial charge in [-0.2, -0.15) is 0 Å². The van der Waals surface area contributed by atoms with Crippen LogP contribution in [-0.2, 0) is 10.0 Å². The normalized spacial score (nSPS) is 11.0. The van der Waals surface area contributed by atoms with Gasteiger partial charge in [-0.15, -0.1) is 0 Å². The first-order valence-electron chi connectivity index (χ1n) is 7.96. The van der Waals surface area contributed by atoms with Crippen molar-refractivity contribution < 1.29 is 13.2 Å². The molecule has 3 aromatic rings. The molecule has 0 spiro atoms. The average molecular weight is 366 g/mol. The lowest BCUT2D eigenvalue weighted by molar-refractivity contribution is 0.103. The number of carbonyl (C=O) groups is 1. The maximum atomic E-state index is 12.4. The molecule has 0 aromatic heterocycles. The Bertz CT molecular complexity index is 1010. The Morgan fingerprint density at radius 2 is 1.27 bits per heavy atom. The highest BCUT2D eigenvalue weighted by molar-refractivity contribution is 7.92. The highest BCUT2D eigenvalue weighted by atomic mass is 32.2. The second kappa shape index (κ2) is 7.41. The highest BCUT2D eigenvalue weighted by Gasteiger charge is 2.10. The molecule has 3 aromatic carbocycles. The van der Waals surface area contributed by atoms with Crippen LogP contribution in [0.5, 0.6) is 0 Å². The van der Waals surface area contributed by atoms with E-state index in [0.717, 1.165) is 11.9 Å². The minimum Gasteiger partial charge on any atom is -0.354 e. The van der Waals surface area contributed by atoms with E-state index in [9.17, 15) is 13.2 Å². The predicted molar refractivity (Wildman–Crippen MR) is 105 cm³/mol. The van der Waals surface area contributed by atoms with Crippen LogP contribution in [0.25, 0.3) is 0 Å². The fourth-order valence-corrected chi connectivity index (χ4v) is 3.07. The smallest absolute Gasteiger partial charge is 0.229 e. The van der Waals surface area contributed by atoms with Crippen molar-refractivity contribution >= 4 is 32.9 Å². The second-order valence-electron chi connectivity index (χ2n) is 5.82. The van der Waals surface area contributed by atoms with Crippen LogP contribution in [0.3, 0.4) is 0 Å². The van der Waals surface area contributed by atoms with E-state index in [4.69, 9.17) is 0 Å². The lowest BCUT2D eigenvalue weighted by Crippen LogP contribution is -2.11. The zero-order valence-corrected chi connectivity index (χ0v) is 15.0. The Morgan fingerprint density at radius 3 is 1.88 bits per heavy atom. The quantitative estimate of drug-likeness (QED) is 0.646. The van der Waals surface area contributed by atoms with E-state index in [1.54, 1.807) is 54.6 Å². The zero-order valence-electron chi connectivity index (χ0n) is 14.1. The Morgan fingerprint density at radius 1 is 0.731 bits per heavy atom. The molecule has 0 heterocycles. The van der Waals surface area contributed by atoms with Crippen molar-refractivity contribution in [2.45, 2.75) is 0 Å². The minimum absolute atomic E-state index is 0.0451. The fraction of sp³-hybridized carbons (Fsp3) is 0.0500. The van der Waals surface area contributed by atoms with Gasteiger partial charge in [0.15, 0.2) is 5.78 Å². The standard InChI is InChI=1S/C20H18N2O3S/c1-26(24,25)22-19-10-6-5-9-18(19)21-17-13-11-16(12-14-17)20(23)15-7-3-2-4-8-15/h2-14,21-22H,1H3. The van der Waals surface area contributed by atoms with Crippen molar-refractivity contribution in [3.05, 3.63) is 90.0 Å². The topological polar surface area (TPSA) is 75.3 Å². The van der Waals surface area contributed by atoms with E-state index in [1.165, 1.54) is 0 Å². The van der Waals surface area contributed by atoms with E-state index in [2.05, 4.69) is 10.0 Å². The maximum absolute atomic E-state index is 12.4. The molecule has 0 amide bonds. The minimum atomic E-state index is -3.38. The Balaban J connectivity index is 1.79. The number of hydrogen-bond donors (Lipinski definition) is 2. The van der Waals surface area contributed by atoms with Gasteiger partial charge in [-0.05, 0) is 36.4 Å². The van der Waals surface area contributed by atoms with Crippen LogP contribution in [-0.4, -0.2) is 20.5 Å². The van der Waals surface area contributed by atoms with Crippen LogP contribution in [0.2, 0.25) is 0 Å². The van der Waals surface area contributed by atoms with Gasteiger partial charge in [0.1, 0.15) is 0 Å². The first-order valence-corrected chi connectivity index (χ1v) is 9.85. The molecule has 0 bridgehead atoms. The molecule has 0 fully saturated rings. The Kier molecular flexibility index (Phi) is 5.04. The van der Waals surface area contributed by atoms with Gasteiger partial charge in [-0.25, -0.2) is 8.42 Å². The first-order chi connectivity index (χ1) is 12.4. The van der Waals surface area contributed by atoms with E-state index < -0.39 is 10.0 Å². The number of rotatable bonds is 6. The summed E-state index contributed by atoms with van der Waals surface area (Å²) >= 11 is 0. The van der Waals surface area contributed by atoms with E-state index >= 15 is 0 Å². The molecule has 6 heteroatoms. The third-order valence-corrected chi connectivity index (χ3v) is 4.28.